The Balaban J connectivity index is 1.79. The Kier molecular flexibility index (Phi) is 6.86. The lowest BCUT2D eigenvalue weighted by Gasteiger charge is -2.33. The highest BCUT2D eigenvalue weighted by atomic mass is 32.2. The zero-order valence-electron chi connectivity index (χ0n) is 23.4. The minimum absolute atomic E-state index is 0.0808. The number of pyridine rings is 1. The summed E-state index contributed by atoms with van der Waals surface area (Å²) < 4.78 is 4.92. The molecule has 11 nitrogen and oxygen atoms in total. The number of hydrogen-bond donors (Lipinski definition) is 5. The summed E-state index contributed by atoms with van der Waals surface area (Å²) in [5.41, 5.74) is -6.33. The number of phenolic OH excluding ortho intramolecular Hbond substituents is 1. The van der Waals surface area contributed by atoms with Gasteiger partial charge >= 0.3 is 0 Å². The number of hydrogen-bond acceptors (Lipinski definition) is 11. The molecule has 2 atom stereocenters. The number of aromatic amines is 1. The molecular formula is C32H25NO10S. The molecule has 0 aliphatic heterocycles. The Bertz CT molecular complexity index is 2450. The van der Waals surface area contributed by atoms with Gasteiger partial charge in [-0.05, 0) is 36.4 Å². The minimum atomic E-state index is -2.11. The highest BCUT2D eigenvalue weighted by Crippen LogP contribution is 2.57. The Morgan fingerprint density at radius 3 is 2.27 bits per heavy atom. The van der Waals surface area contributed by atoms with E-state index in [1.807, 2.05) is 6.92 Å². The number of H-pyrrole nitrogens is 1. The lowest BCUT2D eigenvalue weighted by atomic mass is 9.78. The van der Waals surface area contributed by atoms with E-state index in [0.717, 1.165) is 24.9 Å². The Morgan fingerprint density at radius 1 is 0.955 bits per heavy atom. The number of allylic oxidation sites excluding steroid dienone is 3. The van der Waals surface area contributed by atoms with Gasteiger partial charge in [-0.1, -0.05) is 24.3 Å². The fourth-order valence-electron chi connectivity index (χ4n) is 6.54. The molecule has 4 aliphatic carbocycles. The van der Waals surface area contributed by atoms with Crippen LogP contribution in [0.15, 0.2) is 60.4 Å². The van der Waals surface area contributed by atoms with Crippen molar-refractivity contribution in [2.45, 2.75) is 24.0 Å². The summed E-state index contributed by atoms with van der Waals surface area (Å²) >= 11 is 1.10. The van der Waals surface area contributed by atoms with Crippen LogP contribution in [0.25, 0.3) is 28.4 Å². The first kappa shape index (κ1) is 29.1. The summed E-state index contributed by atoms with van der Waals surface area (Å²) in [7, 11) is 1.12. The number of methoxy groups -OCH3 is 1. The molecule has 0 radical (unpaired) electrons. The maximum absolute atomic E-state index is 13.8. The fourth-order valence-corrected chi connectivity index (χ4v) is 7.82. The van der Waals surface area contributed by atoms with Crippen molar-refractivity contribution in [3.8, 4) is 11.5 Å². The number of aliphatic hydroxyl groups excluding tert-OH is 3. The van der Waals surface area contributed by atoms with Crippen LogP contribution < -0.4 is 42.4 Å². The molecule has 12 heteroatoms. The van der Waals surface area contributed by atoms with E-state index in [-0.39, 0.29) is 29.7 Å². The van der Waals surface area contributed by atoms with Crippen molar-refractivity contribution in [1.29, 1.82) is 0 Å². The molecule has 4 aliphatic rings. The molecule has 6 rings (SSSR count). The van der Waals surface area contributed by atoms with Gasteiger partial charge in [0.05, 0.1) is 40.0 Å². The second kappa shape index (κ2) is 10.4. The topological polar surface area (TPSA) is 191 Å². The highest BCUT2D eigenvalue weighted by molar-refractivity contribution is 8.00. The van der Waals surface area contributed by atoms with Crippen LogP contribution in [0.3, 0.4) is 0 Å². The van der Waals surface area contributed by atoms with E-state index in [1.54, 1.807) is 36.4 Å². The number of nitrogens with one attached hydrogen (secondary N) is 1. The molecule has 1 unspecified atom stereocenters. The van der Waals surface area contributed by atoms with Crippen molar-refractivity contribution < 1.29 is 25.2 Å². The van der Waals surface area contributed by atoms with Crippen LogP contribution in [0, 0.1) is 10.4 Å². The summed E-state index contributed by atoms with van der Waals surface area (Å²) in [6, 6.07) is 4.05. The predicted molar refractivity (Wildman–Crippen MR) is 166 cm³/mol. The Hall–Kier alpha value is -4.94. The molecule has 1 aromatic carbocycles. The third-order valence-electron chi connectivity index (χ3n) is 8.29. The summed E-state index contributed by atoms with van der Waals surface area (Å²) in [5.74, 6) is -2.55. The quantitative estimate of drug-likeness (QED) is 0.181. The van der Waals surface area contributed by atoms with Gasteiger partial charge in [0.2, 0.25) is 16.3 Å². The van der Waals surface area contributed by atoms with Gasteiger partial charge in [0.1, 0.15) is 22.7 Å². The Morgan fingerprint density at radius 2 is 1.64 bits per heavy atom. The first-order chi connectivity index (χ1) is 21.0. The van der Waals surface area contributed by atoms with Crippen LogP contribution in [0.1, 0.15) is 23.7 Å². The van der Waals surface area contributed by atoms with Crippen molar-refractivity contribution in [3.63, 3.8) is 0 Å². The lowest BCUT2D eigenvalue weighted by Crippen LogP contribution is -2.51. The molecule has 0 fully saturated rings. The van der Waals surface area contributed by atoms with Crippen LogP contribution in [0.2, 0.25) is 0 Å². The number of thioether (sulfide) groups is 1. The second-order valence-electron chi connectivity index (χ2n) is 10.5. The normalized spacial score (nSPS) is 19.3. The molecule has 224 valence electrons. The third-order valence-corrected chi connectivity index (χ3v) is 9.63. The second-order valence-corrected chi connectivity index (χ2v) is 11.8. The predicted octanol–water partition coefficient (Wildman–Crippen LogP) is -0.193. The number of phenols is 1. The SMILES string of the molecule is C/C=C/C=C/c1cc2cc3c(c(O)c2c(=O)[nH]1)[C@@]1(C(O)=c2c(=O)c4c(=O)cc(OC)c(=O)c=4c(=O)c2=C1O)C(SCCO)C3. The maximum atomic E-state index is 13.8. The van der Waals surface area contributed by atoms with Gasteiger partial charge in [0.15, 0.2) is 11.2 Å². The molecule has 5 N–H and O–H groups in total. The highest BCUT2D eigenvalue weighted by Gasteiger charge is 2.59. The molecule has 1 spiro atoms. The van der Waals surface area contributed by atoms with Crippen molar-refractivity contribution in [1.82, 2.24) is 4.98 Å². The number of ether oxygens (including phenoxy) is 1. The number of fused-ring (bicyclic) bond motifs is 4. The monoisotopic (exact) mass is 615 g/mol. The average Bonchev–Trinajstić information content (AvgIpc) is 3.44. The van der Waals surface area contributed by atoms with Crippen molar-refractivity contribution >= 4 is 40.1 Å². The average molecular weight is 616 g/mol. The van der Waals surface area contributed by atoms with E-state index in [4.69, 9.17) is 4.74 Å². The van der Waals surface area contributed by atoms with Crippen molar-refractivity contribution in [2.24, 2.45) is 0 Å². The molecule has 44 heavy (non-hydrogen) atoms. The van der Waals surface area contributed by atoms with Crippen LogP contribution in [0.5, 0.6) is 11.5 Å². The van der Waals surface area contributed by atoms with Gasteiger partial charge < -0.3 is 30.1 Å². The molecule has 0 saturated heterocycles. The van der Waals surface area contributed by atoms with E-state index in [1.165, 1.54) is 0 Å². The van der Waals surface area contributed by atoms with Gasteiger partial charge in [0.25, 0.3) is 5.56 Å². The number of aliphatic hydroxyl groups is 3. The molecule has 1 heterocycles. The number of benzene rings is 1. The smallest absolute Gasteiger partial charge is 0.260 e. The number of aromatic hydroxyl groups is 1. The standard InChI is InChI=1S/C32H25NO10S/c1-3-4-5-6-15-10-13-9-14-11-18(44-8-7-34)32(24(14)28(39)19(13)31(42)33-15)29(40)22-23(30(32)41)27(38)21-20(26(22)37)16(35)12-17(43-2)25(21)36/h3-6,9-10,12,18,34,39-41H,7-8,11H2,1-2H3,(H,33,42)/b4-3+,6-5+/t18?,32-/m1/s1. The van der Waals surface area contributed by atoms with Crippen LogP contribution in [-0.2, 0) is 11.8 Å². The van der Waals surface area contributed by atoms with Crippen LogP contribution in [0.4, 0.5) is 0 Å². The molecule has 2 aromatic rings. The van der Waals surface area contributed by atoms with Gasteiger partial charge in [0, 0.05) is 28.3 Å². The fraction of sp³-hybridized carbons (Fsp3) is 0.219. The van der Waals surface area contributed by atoms with Gasteiger partial charge in [-0.2, -0.15) is 11.8 Å². The third kappa shape index (κ3) is 3.70. The largest absolute Gasteiger partial charge is 0.510 e. The first-order valence-electron chi connectivity index (χ1n) is 13.5. The van der Waals surface area contributed by atoms with Gasteiger partial charge in [-0.15, -0.1) is 0 Å². The van der Waals surface area contributed by atoms with Gasteiger partial charge in [-0.3, -0.25) is 24.0 Å². The lowest BCUT2D eigenvalue weighted by molar-refractivity contribution is 0.321. The zero-order valence-corrected chi connectivity index (χ0v) is 24.2. The summed E-state index contributed by atoms with van der Waals surface area (Å²) in [6.07, 6.45) is 7.04. The first-order valence-corrected chi connectivity index (χ1v) is 14.6. The summed E-state index contributed by atoms with van der Waals surface area (Å²) in [6.45, 7) is 1.54. The van der Waals surface area contributed by atoms with E-state index < -0.39 is 81.8 Å². The molecule has 0 amide bonds. The van der Waals surface area contributed by atoms with Crippen molar-refractivity contribution in [3.05, 3.63) is 125 Å². The van der Waals surface area contributed by atoms with Crippen molar-refractivity contribution in [2.75, 3.05) is 19.5 Å². The molecule has 0 saturated carbocycles. The van der Waals surface area contributed by atoms with E-state index in [0.29, 0.717) is 16.6 Å². The number of rotatable bonds is 6. The van der Waals surface area contributed by atoms with E-state index in [9.17, 15) is 44.4 Å². The van der Waals surface area contributed by atoms with Crippen LogP contribution >= 0.6 is 11.8 Å². The molecular weight excluding hydrogens is 590 g/mol. The maximum Gasteiger partial charge on any atom is 0.260 e. The van der Waals surface area contributed by atoms with Crippen LogP contribution in [-0.4, -0.2) is 50.1 Å². The zero-order chi connectivity index (χ0) is 31.7. The Labute approximate surface area is 250 Å². The summed E-state index contributed by atoms with van der Waals surface area (Å²) in [4.78, 5) is 69.5. The number of aromatic nitrogens is 1. The molecule has 0 bridgehead atoms. The summed E-state index contributed by atoms with van der Waals surface area (Å²) in [5, 5.41) is 41.5. The van der Waals surface area contributed by atoms with Gasteiger partial charge in [-0.25, -0.2) is 0 Å². The van der Waals surface area contributed by atoms with E-state index in [2.05, 4.69) is 4.98 Å². The van der Waals surface area contributed by atoms with E-state index >= 15 is 0 Å². The molecule has 1 aromatic heterocycles. The minimum Gasteiger partial charge on any atom is -0.510 e.